The first kappa shape index (κ1) is 21.9. The first-order valence-electron chi connectivity index (χ1n) is 9.87. The second kappa shape index (κ2) is 8.45. The first-order chi connectivity index (χ1) is 16.3. The van der Waals surface area contributed by atoms with Crippen LogP contribution in [0.5, 0.6) is 0 Å². The van der Waals surface area contributed by atoms with E-state index in [1.165, 1.54) is 24.3 Å². The molecule has 0 aliphatic rings. The van der Waals surface area contributed by atoms with Gasteiger partial charge in [0.25, 0.3) is 0 Å². The second-order valence-corrected chi connectivity index (χ2v) is 8.20. The van der Waals surface area contributed by atoms with E-state index in [0.29, 0.717) is 22.0 Å². The fraction of sp³-hybridized carbons (Fsp3) is 0.0909. The van der Waals surface area contributed by atoms with Gasteiger partial charge in [-0.15, -0.1) is 10.2 Å². The number of benzene rings is 2. The van der Waals surface area contributed by atoms with E-state index in [4.69, 9.17) is 0 Å². The van der Waals surface area contributed by atoms with E-state index in [2.05, 4.69) is 20.6 Å². The maximum absolute atomic E-state index is 13.2. The Kier molecular flexibility index (Phi) is 5.44. The largest absolute Gasteiger partial charge is 0.416 e. The molecule has 5 aromatic rings. The molecular weight excluding hydrogens is 472 g/mol. The number of nitrogens with zero attached hydrogens (tertiary/aromatic N) is 5. The van der Waals surface area contributed by atoms with Crippen LogP contribution >= 0.6 is 11.8 Å². The zero-order valence-corrected chi connectivity index (χ0v) is 17.9. The van der Waals surface area contributed by atoms with Crippen LogP contribution in [0.25, 0.3) is 22.4 Å². The lowest BCUT2D eigenvalue weighted by molar-refractivity contribution is -0.137. The van der Waals surface area contributed by atoms with Crippen molar-refractivity contribution < 1.29 is 22.4 Å². The van der Waals surface area contributed by atoms with Crippen LogP contribution in [0, 0.1) is 5.82 Å². The Balaban J connectivity index is 1.33. The maximum atomic E-state index is 13.2. The predicted molar refractivity (Wildman–Crippen MR) is 118 cm³/mol. The lowest BCUT2D eigenvalue weighted by atomic mass is 10.1. The number of nitrogens with one attached hydrogen (secondary N) is 1. The third-order valence-corrected chi connectivity index (χ3v) is 5.88. The molecule has 34 heavy (non-hydrogen) atoms. The predicted octanol–water partition coefficient (Wildman–Crippen LogP) is 4.93. The van der Waals surface area contributed by atoms with E-state index in [-0.39, 0.29) is 17.3 Å². The van der Waals surface area contributed by atoms with Crippen molar-refractivity contribution in [3.63, 3.8) is 0 Å². The minimum Gasteiger partial charge on any atom is -0.325 e. The summed E-state index contributed by atoms with van der Waals surface area (Å²) in [5, 5.41) is 15.7. The zero-order valence-electron chi connectivity index (χ0n) is 17.1. The number of halogens is 4. The van der Waals surface area contributed by atoms with Gasteiger partial charge in [-0.2, -0.15) is 18.3 Å². The molecular formula is C22H14F4N6OS. The van der Waals surface area contributed by atoms with E-state index in [0.717, 1.165) is 29.5 Å². The van der Waals surface area contributed by atoms with Gasteiger partial charge in [-0.3, -0.25) is 9.20 Å². The van der Waals surface area contributed by atoms with Gasteiger partial charge in [-0.1, -0.05) is 17.8 Å². The first-order valence-corrected chi connectivity index (χ1v) is 10.9. The highest BCUT2D eigenvalue weighted by atomic mass is 32.2. The average molecular weight is 486 g/mol. The van der Waals surface area contributed by atoms with Crippen LogP contribution in [0.15, 0.2) is 72.1 Å². The van der Waals surface area contributed by atoms with Crippen LogP contribution in [0.2, 0.25) is 0 Å². The summed E-state index contributed by atoms with van der Waals surface area (Å²) in [6.07, 6.45) is -1.10. The van der Waals surface area contributed by atoms with Crippen molar-refractivity contribution in [2.24, 2.45) is 0 Å². The van der Waals surface area contributed by atoms with Gasteiger partial charge in [0.1, 0.15) is 11.3 Å². The molecule has 0 bridgehead atoms. The molecule has 0 aliphatic heterocycles. The quantitative estimate of drug-likeness (QED) is 0.282. The number of hydrogen-bond acceptors (Lipinski definition) is 5. The topological polar surface area (TPSA) is 76.6 Å². The SMILES string of the molecule is O=C(CSc1nnc2c3cc(-c4ccc(F)cc4)nn3ccn12)Nc1cccc(C(F)(F)F)c1. The molecule has 0 saturated heterocycles. The molecule has 0 saturated carbocycles. The number of carbonyl (C=O) groups excluding carboxylic acids is 1. The summed E-state index contributed by atoms with van der Waals surface area (Å²) in [6.45, 7) is 0. The Labute approximate surface area is 193 Å². The zero-order chi connectivity index (χ0) is 23.9. The summed E-state index contributed by atoms with van der Waals surface area (Å²) in [5.74, 6) is -0.904. The molecule has 2 aromatic carbocycles. The lowest BCUT2D eigenvalue weighted by Crippen LogP contribution is -2.15. The molecule has 0 spiro atoms. The third-order valence-electron chi connectivity index (χ3n) is 4.93. The molecule has 0 fully saturated rings. The number of fused-ring (bicyclic) bond motifs is 3. The van der Waals surface area contributed by atoms with Gasteiger partial charge in [0.2, 0.25) is 5.91 Å². The number of carbonyl (C=O) groups is 1. The van der Waals surface area contributed by atoms with Crippen molar-refractivity contribution in [2.45, 2.75) is 11.3 Å². The summed E-state index contributed by atoms with van der Waals surface area (Å²) < 4.78 is 55.1. The molecule has 0 radical (unpaired) electrons. The lowest BCUT2D eigenvalue weighted by Gasteiger charge is -2.09. The van der Waals surface area contributed by atoms with Crippen LogP contribution in [-0.2, 0) is 11.0 Å². The minimum atomic E-state index is -4.49. The summed E-state index contributed by atoms with van der Waals surface area (Å²) in [5.41, 5.74) is 1.75. The molecule has 3 heterocycles. The Bertz CT molecular complexity index is 1510. The number of hydrogen-bond donors (Lipinski definition) is 1. The smallest absolute Gasteiger partial charge is 0.325 e. The van der Waals surface area contributed by atoms with Crippen LogP contribution in [0.4, 0.5) is 23.2 Å². The van der Waals surface area contributed by atoms with Crippen molar-refractivity contribution in [3.05, 3.63) is 78.4 Å². The molecule has 7 nitrogen and oxygen atoms in total. The molecule has 172 valence electrons. The highest BCUT2D eigenvalue weighted by Gasteiger charge is 2.30. The number of rotatable bonds is 5. The Morgan fingerprint density at radius 3 is 2.59 bits per heavy atom. The Hall–Kier alpha value is -3.93. The third kappa shape index (κ3) is 4.31. The minimum absolute atomic E-state index is 0.0563. The van der Waals surface area contributed by atoms with Gasteiger partial charge >= 0.3 is 6.18 Å². The highest BCUT2D eigenvalue weighted by Crippen LogP contribution is 2.31. The van der Waals surface area contributed by atoms with E-state index in [9.17, 15) is 22.4 Å². The number of aromatic nitrogens is 5. The molecule has 0 unspecified atom stereocenters. The van der Waals surface area contributed by atoms with E-state index < -0.39 is 17.6 Å². The Morgan fingerprint density at radius 2 is 1.82 bits per heavy atom. The highest BCUT2D eigenvalue weighted by molar-refractivity contribution is 7.99. The fourth-order valence-corrected chi connectivity index (χ4v) is 4.07. The monoisotopic (exact) mass is 486 g/mol. The van der Waals surface area contributed by atoms with Crippen molar-refractivity contribution in [2.75, 3.05) is 11.1 Å². The van der Waals surface area contributed by atoms with Crippen LogP contribution in [-0.4, -0.2) is 35.9 Å². The van der Waals surface area contributed by atoms with Crippen LogP contribution in [0.1, 0.15) is 5.56 Å². The van der Waals surface area contributed by atoms with E-state index in [1.807, 2.05) is 0 Å². The van der Waals surface area contributed by atoms with Gasteiger partial charge in [0.15, 0.2) is 10.8 Å². The van der Waals surface area contributed by atoms with Crippen LogP contribution < -0.4 is 5.32 Å². The summed E-state index contributed by atoms with van der Waals surface area (Å²) in [7, 11) is 0. The van der Waals surface area contributed by atoms with Gasteiger partial charge in [-0.05, 0) is 48.5 Å². The summed E-state index contributed by atoms with van der Waals surface area (Å²) in [4.78, 5) is 12.3. The molecule has 0 atom stereocenters. The molecule has 3 aromatic heterocycles. The standard InChI is InChI=1S/C22H14F4N6OS/c23-15-6-4-13(5-7-15)17-11-18-20-28-29-21(31(20)8-9-32(18)30-17)34-12-19(33)27-16-3-1-2-14(10-16)22(24,25)26/h1-11H,12H2,(H,27,33). The van der Waals surface area contributed by atoms with Gasteiger partial charge in [0, 0.05) is 23.6 Å². The number of thioether (sulfide) groups is 1. The van der Waals surface area contributed by atoms with Crippen molar-refractivity contribution in [1.82, 2.24) is 24.2 Å². The maximum Gasteiger partial charge on any atom is 0.416 e. The molecule has 1 amide bonds. The molecule has 5 rings (SSSR count). The normalized spacial score (nSPS) is 11.9. The fourth-order valence-electron chi connectivity index (χ4n) is 3.35. The van der Waals surface area contributed by atoms with E-state index >= 15 is 0 Å². The molecule has 0 aliphatic carbocycles. The molecule has 1 N–H and O–H groups in total. The summed E-state index contributed by atoms with van der Waals surface area (Å²) >= 11 is 1.09. The Morgan fingerprint density at radius 1 is 1.03 bits per heavy atom. The number of alkyl halides is 3. The van der Waals surface area contributed by atoms with Crippen molar-refractivity contribution >= 4 is 34.5 Å². The van der Waals surface area contributed by atoms with E-state index in [1.54, 1.807) is 39.5 Å². The number of amides is 1. The average Bonchev–Trinajstić information content (AvgIpc) is 3.42. The summed E-state index contributed by atoms with van der Waals surface area (Å²) in [6, 6.07) is 12.2. The molecule has 12 heteroatoms. The van der Waals surface area contributed by atoms with Gasteiger partial charge < -0.3 is 5.32 Å². The second-order valence-electron chi connectivity index (χ2n) is 7.26. The van der Waals surface area contributed by atoms with Crippen LogP contribution in [0.3, 0.4) is 0 Å². The van der Waals surface area contributed by atoms with Gasteiger partial charge in [0.05, 0.1) is 17.0 Å². The van der Waals surface area contributed by atoms with Crippen molar-refractivity contribution in [3.8, 4) is 11.3 Å². The van der Waals surface area contributed by atoms with Gasteiger partial charge in [-0.25, -0.2) is 8.91 Å². The van der Waals surface area contributed by atoms with Crippen molar-refractivity contribution in [1.29, 1.82) is 0 Å². The number of anilines is 1.